The molecule has 0 aromatic heterocycles. The topological polar surface area (TPSA) is 69.7 Å². The predicted octanol–water partition coefficient (Wildman–Crippen LogP) is -0.452. The van der Waals surface area contributed by atoms with Gasteiger partial charge in [0.1, 0.15) is 0 Å². The maximum absolute atomic E-state index is 11.3. The van der Waals surface area contributed by atoms with Crippen molar-refractivity contribution in [2.75, 3.05) is 13.6 Å². The second kappa shape index (κ2) is 3.86. The molecule has 1 heterocycles. The second-order valence-corrected chi connectivity index (χ2v) is 4.42. The Balaban J connectivity index is 1.95. The molecule has 2 aliphatic rings. The molecule has 4 amide bonds. The van der Waals surface area contributed by atoms with Crippen LogP contribution in [0.1, 0.15) is 19.8 Å². The molecule has 16 heavy (non-hydrogen) atoms. The number of hydrogen-bond acceptors (Lipinski definition) is 4. The van der Waals surface area contributed by atoms with Gasteiger partial charge in [-0.25, -0.2) is 4.79 Å². The maximum atomic E-state index is 11.3. The lowest BCUT2D eigenvalue weighted by Crippen LogP contribution is -2.44. The first kappa shape index (κ1) is 11.1. The molecule has 1 aliphatic carbocycles. The third-order valence-electron chi connectivity index (χ3n) is 3.17. The van der Waals surface area contributed by atoms with Crippen molar-refractivity contribution in [3.8, 4) is 0 Å². The highest BCUT2D eigenvalue weighted by Crippen LogP contribution is 2.27. The third kappa shape index (κ3) is 1.92. The van der Waals surface area contributed by atoms with Gasteiger partial charge in [0.05, 0.1) is 0 Å². The molecule has 2 rings (SSSR count). The molecule has 0 bridgehead atoms. The first-order chi connectivity index (χ1) is 7.50. The van der Waals surface area contributed by atoms with Gasteiger partial charge in [-0.15, -0.1) is 0 Å². The summed E-state index contributed by atoms with van der Waals surface area (Å²) >= 11 is 0. The Kier molecular flexibility index (Phi) is 2.67. The number of hydrogen-bond donors (Lipinski definition) is 1. The Hall–Kier alpha value is -1.43. The highest BCUT2D eigenvalue weighted by molar-refractivity contribution is 6.44. The van der Waals surface area contributed by atoms with Gasteiger partial charge in [-0.05, 0) is 26.8 Å². The van der Waals surface area contributed by atoms with Crippen LogP contribution in [0, 0.1) is 0 Å². The van der Waals surface area contributed by atoms with Crippen LogP contribution in [0.25, 0.3) is 0 Å². The molecule has 1 unspecified atom stereocenters. The van der Waals surface area contributed by atoms with Crippen molar-refractivity contribution < 1.29 is 14.4 Å². The zero-order valence-corrected chi connectivity index (χ0v) is 9.40. The van der Waals surface area contributed by atoms with Gasteiger partial charge in [0.15, 0.2) is 0 Å². The van der Waals surface area contributed by atoms with Gasteiger partial charge in [0.2, 0.25) is 0 Å². The molecular formula is C10H15N3O3. The van der Waals surface area contributed by atoms with Crippen molar-refractivity contribution in [3.05, 3.63) is 0 Å². The van der Waals surface area contributed by atoms with E-state index in [0.717, 1.165) is 4.90 Å². The molecule has 6 nitrogen and oxygen atoms in total. The fraction of sp³-hybridized carbons (Fsp3) is 0.700. The number of rotatable bonds is 4. The Labute approximate surface area is 93.6 Å². The molecule has 1 saturated heterocycles. The zero-order valence-electron chi connectivity index (χ0n) is 9.40. The predicted molar refractivity (Wildman–Crippen MR) is 55.5 cm³/mol. The number of imide groups is 2. The molecule has 1 N–H and O–H groups in total. The van der Waals surface area contributed by atoms with Crippen LogP contribution in [-0.4, -0.2) is 53.3 Å². The highest BCUT2D eigenvalue weighted by atomic mass is 16.2. The maximum Gasteiger partial charge on any atom is 0.331 e. The van der Waals surface area contributed by atoms with Crippen molar-refractivity contribution in [2.24, 2.45) is 0 Å². The SMILES string of the molecule is CC(CN1C(=O)NC(=O)C1=O)N(C)C1CC1. The number of urea groups is 1. The van der Waals surface area contributed by atoms with Crippen LogP contribution >= 0.6 is 0 Å². The molecule has 1 saturated carbocycles. The summed E-state index contributed by atoms with van der Waals surface area (Å²) in [6.45, 7) is 2.21. The minimum atomic E-state index is -0.828. The molecule has 0 aromatic rings. The Morgan fingerprint density at radius 2 is 2.06 bits per heavy atom. The van der Waals surface area contributed by atoms with E-state index < -0.39 is 17.8 Å². The fourth-order valence-corrected chi connectivity index (χ4v) is 1.83. The van der Waals surface area contributed by atoms with E-state index in [1.807, 2.05) is 19.3 Å². The molecule has 1 atom stereocenters. The van der Waals surface area contributed by atoms with E-state index >= 15 is 0 Å². The van der Waals surface area contributed by atoms with Gasteiger partial charge < -0.3 is 0 Å². The van der Waals surface area contributed by atoms with Gasteiger partial charge in [-0.2, -0.15) is 0 Å². The molecule has 1 aliphatic heterocycles. The summed E-state index contributed by atoms with van der Waals surface area (Å²) in [7, 11) is 1.97. The van der Waals surface area contributed by atoms with Gasteiger partial charge in [-0.1, -0.05) is 0 Å². The van der Waals surface area contributed by atoms with Crippen LogP contribution in [-0.2, 0) is 9.59 Å². The van der Waals surface area contributed by atoms with Crippen molar-refractivity contribution >= 4 is 17.8 Å². The lowest BCUT2D eigenvalue weighted by Gasteiger charge is -2.26. The number of carbonyl (C=O) groups excluding carboxylic acids is 3. The van der Waals surface area contributed by atoms with E-state index in [2.05, 4.69) is 4.90 Å². The first-order valence-electron chi connectivity index (χ1n) is 5.39. The van der Waals surface area contributed by atoms with E-state index in [9.17, 15) is 14.4 Å². The summed E-state index contributed by atoms with van der Waals surface area (Å²) in [5.74, 6) is -1.58. The minimum Gasteiger partial charge on any atom is -0.299 e. The van der Waals surface area contributed by atoms with E-state index in [1.54, 1.807) is 0 Å². The largest absolute Gasteiger partial charge is 0.331 e. The van der Waals surface area contributed by atoms with E-state index in [0.29, 0.717) is 6.04 Å². The summed E-state index contributed by atoms with van der Waals surface area (Å²) in [5, 5.41) is 1.99. The average Bonchev–Trinajstić information content (AvgIpc) is 3.03. The van der Waals surface area contributed by atoms with E-state index in [-0.39, 0.29) is 12.6 Å². The van der Waals surface area contributed by atoms with Crippen molar-refractivity contribution in [3.63, 3.8) is 0 Å². The number of nitrogens with zero attached hydrogens (tertiary/aromatic N) is 2. The molecule has 0 aromatic carbocycles. The van der Waals surface area contributed by atoms with Crippen LogP contribution in [0.15, 0.2) is 0 Å². The Morgan fingerprint density at radius 3 is 2.50 bits per heavy atom. The summed E-state index contributed by atoms with van der Waals surface area (Å²) in [4.78, 5) is 36.7. The normalized spacial score (nSPS) is 22.9. The molecule has 88 valence electrons. The van der Waals surface area contributed by atoms with Gasteiger partial charge in [-0.3, -0.25) is 24.7 Å². The van der Waals surface area contributed by atoms with Crippen LogP contribution in [0.4, 0.5) is 4.79 Å². The third-order valence-corrected chi connectivity index (χ3v) is 3.17. The minimum absolute atomic E-state index is 0.0769. The van der Waals surface area contributed by atoms with E-state index in [4.69, 9.17) is 0 Å². The van der Waals surface area contributed by atoms with Gasteiger partial charge >= 0.3 is 17.8 Å². The van der Waals surface area contributed by atoms with Crippen molar-refractivity contribution in [1.82, 2.24) is 15.1 Å². The highest BCUT2D eigenvalue weighted by Gasteiger charge is 2.39. The first-order valence-corrected chi connectivity index (χ1v) is 5.39. The summed E-state index contributed by atoms with van der Waals surface area (Å²) in [6.07, 6.45) is 2.33. The summed E-state index contributed by atoms with van der Waals surface area (Å²) in [5.41, 5.74) is 0. The lowest BCUT2D eigenvalue weighted by atomic mass is 10.2. The van der Waals surface area contributed by atoms with Crippen LogP contribution in [0.5, 0.6) is 0 Å². The lowest BCUT2D eigenvalue weighted by molar-refractivity contribution is -0.140. The number of carbonyl (C=O) groups is 3. The monoisotopic (exact) mass is 225 g/mol. The molecule has 6 heteroatoms. The number of likely N-dealkylation sites (N-methyl/N-ethyl adjacent to an activating group) is 1. The van der Waals surface area contributed by atoms with E-state index in [1.165, 1.54) is 12.8 Å². The quantitative estimate of drug-likeness (QED) is 0.519. The fourth-order valence-electron chi connectivity index (χ4n) is 1.83. The zero-order chi connectivity index (χ0) is 11.9. The number of amides is 4. The Morgan fingerprint density at radius 1 is 1.44 bits per heavy atom. The molecule has 2 fully saturated rings. The second-order valence-electron chi connectivity index (χ2n) is 4.42. The summed E-state index contributed by atoms with van der Waals surface area (Å²) in [6, 6.07) is 0.0330. The van der Waals surface area contributed by atoms with Crippen molar-refractivity contribution in [2.45, 2.75) is 31.8 Å². The smallest absolute Gasteiger partial charge is 0.299 e. The van der Waals surface area contributed by atoms with Crippen LogP contribution in [0.3, 0.4) is 0 Å². The molecule has 0 radical (unpaired) electrons. The standard InChI is InChI=1S/C10H15N3O3/c1-6(12(2)7-3-4-7)5-13-9(15)8(14)11-10(13)16/h6-7H,3-5H2,1-2H3,(H,11,14,16). The molecular weight excluding hydrogens is 210 g/mol. The van der Waals surface area contributed by atoms with Crippen molar-refractivity contribution in [1.29, 1.82) is 0 Å². The Bertz CT molecular complexity index is 351. The van der Waals surface area contributed by atoms with Gasteiger partial charge in [0.25, 0.3) is 0 Å². The van der Waals surface area contributed by atoms with Crippen LogP contribution < -0.4 is 5.32 Å². The van der Waals surface area contributed by atoms with Gasteiger partial charge in [0, 0.05) is 18.6 Å². The number of nitrogens with one attached hydrogen (secondary N) is 1. The average molecular weight is 225 g/mol. The van der Waals surface area contributed by atoms with Crippen LogP contribution in [0.2, 0.25) is 0 Å². The molecule has 0 spiro atoms. The summed E-state index contributed by atoms with van der Waals surface area (Å²) < 4.78 is 0.